The van der Waals surface area contributed by atoms with Crippen LogP contribution in [0.4, 0.5) is 0 Å². The van der Waals surface area contributed by atoms with E-state index in [9.17, 15) is 9.59 Å². The quantitative estimate of drug-likeness (QED) is 0.605. The van der Waals surface area contributed by atoms with Crippen molar-refractivity contribution in [3.05, 3.63) is 88.7 Å². The van der Waals surface area contributed by atoms with Crippen LogP contribution < -0.4 is 14.9 Å². The summed E-state index contributed by atoms with van der Waals surface area (Å²) in [5.74, 6) is -0.456. The maximum Gasteiger partial charge on any atom is 0.338 e. The number of esters is 1. The van der Waals surface area contributed by atoms with Gasteiger partial charge in [-0.1, -0.05) is 48.6 Å². The molecule has 2 aromatic heterocycles. The van der Waals surface area contributed by atoms with Crippen molar-refractivity contribution in [1.29, 1.82) is 0 Å². The lowest BCUT2D eigenvalue weighted by molar-refractivity contribution is -0.136. The van der Waals surface area contributed by atoms with Crippen LogP contribution in [-0.4, -0.2) is 17.6 Å². The number of fused-ring (bicyclic) bond motifs is 1. The molecule has 5 nitrogen and oxygen atoms in total. The molecule has 0 unspecified atom stereocenters. The zero-order valence-corrected chi connectivity index (χ0v) is 18.0. The second kappa shape index (κ2) is 7.93. The van der Waals surface area contributed by atoms with Crippen LogP contribution in [0.25, 0.3) is 6.08 Å². The number of ether oxygens (including phenoxy) is 1. The Labute approximate surface area is 175 Å². The summed E-state index contributed by atoms with van der Waals surface area (Å²) < 4.78 is 7.29. The fraction of sp³-hybridized carbons (Fsp3) is 0.227. The smallest absolute Gasteiger partial charge is 0.338 e. The van der Waals surface area contributed by atoms with E-state index in [1.54, 1.807) is 15.9 Å². The Bertz CT molecular complexity index is 1280. The largest absolute Gasteiger partial charge is 0.466 e. The number of rotatable bonds is 4. The van der Waals surface area contributed by atoms with Gasteiger partial charge in [-0.3, -0.25) is 9.36 Å². The number of allylic oxidation sites excluding steroid dienone is 1. The average molecular weight is 425 g/mol. The molecule has 0 saturated carbocycles. The Morgan fingerprint density at radius 2 is 2.03 bits per heavy atom. The number of nitrogens with zero attached hydrogens (tertiary/aromatic N) is 2. The van der Waals surface area contributed by atoms with Gasteiger partial charge in [0.05, 0.1) is 29.0 Å². The number of carbonyl (C=O) groups excluding carboxylic acids is 1. The molecule has 1 aliphatic heterocycles. The van der Waals surface area contributed by atoms with E-state index in [4.69, 9.17) is 4.74 Å². The molecule has 4 rings (SSSR count). The van der Waals surface area contributed by atoms with E-state index in [2.05, 4.69) is 4.99 Å². The van der Waals surface area contributed by atoms with Crippen LogP contribution >= 0.6 is 22.7 Å². The van der Waals surface area contributed by atoms with E-state index < -0.39 is 12.0 Å². The predicted octanol–water partition coefficient (Wildman–Crippen LogP) is 3.17. The molecule has 1 aromatic carbocycles. The van der Waals surface area contributed by atoms with E-state index in [1.807, 2.05) is 61.7 Å². The fourth-order valence-corrected chi connectivity index (χ4v) is 5.40. The van der Waals surface area contributed by atoms with Crippen LogP contribution in [0.5, 0.6) is 0 Å². The molecule has 0 bridgehead atoms. The Morgan fingerprint density at radius 3 is 2.66 bits per heavy atom. The average Bonchev–Trinajstić information content (AvgIpc) is 3.29. The highest BCUT2D eigenvalue weighted by atomic mass is 32.1. The van der Waals surface area contributed by atoms with Crippen LogP contribution in [0.2, 0.25) is 0 Å². The molecule has 148 valence electrons. The minimum Gasteiger partial charge on any atom is -0.466 e. The summed E-state index contributed by atoms with van der Waals surface area (Å²) in [5, 5.41) is 2.01. The highest BCUT2D eigenvalue weighted by Gasteiger charge is 2.33. The second-order valence-corrected chi connectivity index (χ2v) is 8.62. The Balaban J connectivity index is 2.03. The summed E-state index contributed by atoms with van der Waals surface area (Å²) in [6.45, 7) is 3.98. The minimum atomic E-state index is -0.554. The zero-order chi connectivity index (χ0) is 20.5. The molecule has 0 N–H and O–H groups in total. The first kappa shape index (κ1) is 19.5. The first-order valence-corrected chi connectivity index (χ1v) is 11.0. The SMILES string of the molecule is CCC1=C(C(=O)OC)[C@H](c2ccccc2)n2c(s/c(=C\c3sccc3C)c2=O)=N1. The lowest BCUT2D eigenvalue weighted by Gasteiger charge is -2.25. The third-order valence-electron chi connectivity index (χ3n) is 4.93. The molecule has 3 aromatic rings. The Morgan fingerprint density at radius 1 is 1.28 bits per heavy atom. The van der Waals surface area contributed by atoms with E-state index >= 15 is 0 Å². The van der Waals surface area contributed by atoms with Crippen molar-refractivity contribution >= 4 is 34.7 Å². The molecule has 0 aliphatic carbocycles. The van der Waals surface area contributed by atoms with Gasteiger partial charge in [0.25, 0.3) is 5.56 Å². The second-order valence-electron chi connectivity index (χ2n) is 6.67. The zero-order valence-electron chi connectivity index (χ0n) is 16.3. The third kappa shape index (κ3) is 3.41. The van der Waals surface area contributed by atoms with Crippen molar-refractivity contribution in [3.8, 4) is 0 Å². The van der Waals surface area contributed by atoms with Gasteiger partial charge >= 0.3 is 5.97 Å². The van der Waals surface area contributed by atoms with Crippen molar-refractivity contribution in [1.82, 2.24) is 4.57 Å². The molecule has 7 heteroatoms. The first-order chi connectivity index (χ1) is 14.0. The lowest BCUT2D eigenvalue weighted by Crippen LogP contribution is -2.40. The standard InChI is InChI=1S/C22H20N2O3S2/c1-4-15-18(21(26)27-3)19(14-8-6-5-7-9-14)24-20(25)17(29-22(24)23-15)12-16-13(2)10-11-28-16/h5-12,19H,4H2,1-3H3/b17-12-/t19-/m0/s1. The van der Waals surface area contributed by atoms with Crippen molar-refractivity contribution < 1.29 is 9.53 Å². The summed E-state index contributed by atoms with van der Waals surface area (Å²) >= 11 is 2.95. The van der Waals surface area contributed by atoms with Crippen molar-refractivity contribution in [2.24, 2.45) is 4.99 Å². The van der Waals surface area contributed by atoms with Crippen LogP contribution in [0.1, 0.15) is 35.4 Å². The van der Waals surface area contributed by atoms with Gasteiger partial charge in [-0.2, -0.15) is 0 Å². The lowest BCUT2D eigenvalue weighted by atomic mass is 9.95. The van der Waals surface area contributed by atoms with Gasteiger partial charge in [-0.15, -0.1) is 11.3 Å². The van der Waals surface area contributed by atoms with Gasteiger partial charge in [0.1, 0.15) is 0 Å². The highest BCUT2D eigenvalue weighted by Crippen LogP contribution is 2.31. The third-order valence-corrected chi connectivity index (χ3v) is 6.88. The molecular formula is C22H20N2O3S2. The molecule has 0 radical (unpaired) electrons. The summed E-state index contributed by atoms with van der Waals surface area (Å²) in [5.41, 5.74) is 2.92. The van der Waals surface area contributed by atoms with Crippen molar-refractivity contribution in [2.75, 3.05) is 7.11 Å². The van der Waals surface area contributed by atoms with E-state index in [1.165, 1.54) is 18.4 Å². The summed E-state index contributed by atoms with van der Waals surface area (Å²) in [4.78, 5) is 32.4. The van der Waals surface area contributed by atoms with Crippen LogP contribution in [-0.2, 0) is 9.53 Å². The van der Waals surface area contributed by atoms with Crippen molar-refractivity contribution in [2.45, 2.75) is 26.3 Å². The molecule has 0 spiro atoms. The number of hydrogen-bond acceptors (Lipinski definition) is 6. The van der Waals surface area contributed by atoms with Gasteiger partial charge in [0.15, 0.2) is 4.80 Å². The number of thiophene rings is 1. The van der Waals surface area contributed by atoms with Gasteiger partial charge < -0.3 is 4.74 Å². The first-order valence-electron chi connectivity index (χ1n) is 9.27. The van der Waals surface area contributed by atoms with Gasteiger partial charge in [0, 0.05) is 4.88 Å². The van der Waals surface area contributed by atoms with Crippen LogP contribution in [0, 0.1) is 6.92 Å². The number of hydrogen-bond donors (Lipinski definition) is 0. The fourth-order valence-electron chi connectivity index (χ4n) is 3.47. The molecule has 0 amide bonds. The molecule has 29 heavy (non-hydrogen) atoms. The maximum atomic E-state index is 13.4. The molecule has 3 heterocycles. The van der Waals surface area contributed by atoms with E-state index in [0.717, 1.165) is 16.0 Å². The predicted molar refractivity (Wildman–Crippen MR) is 116 cm³/mol. The topological polar surface area (TPSA) is 60.7 Å². The number of aromatic nitrogens is 1. The number of methoxy groups -OCH3 is 1. The maximum absolute atomic E-state index is 13.4. The Kier molecular flexibility index (Phi) is 5.34. The summed E-state index contributed by atoms with van der Waals surface area (Å²) in [6, 6.07) is 11.0. The van der Waals surface area contributed by atoms with Gasteiger partial charge in [-0.25, -0.2) is 9.79 Å². The van der Waals surface area contributed by atoms with Crippen LogP contribution in [0.3, 0.4) is 0 Å². The molecule has 1 atom stereocenters. The van der Waals surface area contributed by atoms with Gasteiger partial charge in [-0.05, 0) is 42.0 Å². The summed E-state index contributed by atoms with van der Waals surface area (Å²) in [7, 11) is 1.36. The Hall–Kier alpha value is -2.77. The number of thiazole rings is 1. The van der Waals surface area contributed by atoms with Crippen LogP contribution in [0.15, 0.2) is 62.8 Å². The molecule has 1 aliphatic rings. The molecular weight excluding hydrogens is 404 g/mol. The monoisotopic (exact) mass is 424 g/mol. The molecule has 0 saturated heterocycles. The normalized spacial score (nSPS) is 16.5. The van der Waals surface area contributed by atoms with Crippen molar-refractivity contribution in [3.63, 3.8) is 0 Å². The molecule has 0 fully saturated rings. The van der Waals surface area contributed by atoms with E-state index in [0.29, 0.717) is 27.0 Å². The number of carbonyl (C=O) groups is 1. The number of aryl methyl sites for hydroxylation is 1. The summed E-state index contributed by atoms with van der Waals surface area (Å²) in [6.07, 6.45) is 2.49. The minimum absolute atomic E-state index is 0.146. The highest BCUT2D eigenvalue weighted by molar-refractivity contribution is 7.11. The number of benzene rings is 1. The van der Waals surface area contributed by atoms with E-state index in [-0.39, 0.29) is 5.56 Å². The van der Waals surface area contributed by atoms with Gasteiger partial charge in [0.2, 0.25) is 0 Å².